The first-order valence-electron chi connectivity index (χ1n) is 8.14. The number of hydrogen-bond acceptors (Lipinski definition) is 3. The first-order valence-corrected chi connectivity index (χ1v) is 8.52. The third-order valence-corrected chi connectivity index (χ3v) is 4.37. The number of halogens is 1. The summed E-state index contributed by atoms with van der Waals surface area (Å²) in [5.74, 6) is 0.563. The van der Waals surface area contributed by atoms with Gasteiger partial charge in [0.05, 0.1) is 17.7 Å². The van der Waals surface area contributed by atoms with Crippen LogP contribution in [-0.4, -0.2) is 24.0 Å². The molecule has 1 amide bonds. The number of carbonyl (C=O) groups is 1. The highest BCUT2D eigenvalue weighted by atomic mass is 35.5. The zero-order valence-corrected chi connectivity index (χ0v) is 15.4. The summed E-state index contributed by atoms with van der Waals surface area (Å²) in [4.78, 5) is 14.3. The largest absolute Gasteiger partial charge is 0.483 e. The van der Waals surface area contributed by atoms with E-state index >= 15 is 0 Å². The van der Waals surface area contributed by atoms with Crippen LogP contribution < -0.4 is 4.74 Å². The molecule has 0 aliphatic rings. The second-order valence-corrected chi connectivity index (χ2v) is 6.22. The number of benzene rings is 2. The zero-order chi connectivity index (χ0) is 18.4. The van der Waals surface area contributed by atoms with Gasteiger partial charge in [0.15, 0.2) is 6.61 Å². The van der Waals surface area contributed by atoms with E-state index in [0.29, 0.717) is 22.9 Å². The van der Waals surface area contributed by atoms with Crippen molar-refractivity contribution >= 4 is 17.5 Å². The van der Waals surface area contributed by atoms with Crippen LogP contribution in [0.5, 0.6) is 5.75 Å². The SMILES string of the molecule is CCN(C(=O)COc1ccc(Cl)cc1C)C(C)c1ccc(C#N)cc1. The van der Waals surface area contributed by atoms with Crippen LogP contribution in [0.15, 0.2) is 42.5 Å². The highest BCUT2D eigenvalue weighted by Gasteiger charge is 2.20. The van der Waals surface area contributed by atoms with Gasteiger partial charge in [-0.25, -0.2) is 0 Å². The third kappa shape index (κ3) is 4.74. The van der Waals surface area contributed by atoms with Gasteiger partial charge in [0.2, 0.25) is 0 Å². The fraction of sp³-hybridized carbons (Fsp3) is 0.300. The van der Waals surface area contributed by atoms with Crippen LogP contribution in [0.2, 0.25) is 5.02 Å². The van der Waals surface area contributed by atoms with Gasteiger partial charge in [0.1, 0.15) is 5.75 Å². The number of amides is 1. The summed E-state index contributed by atoms with van der Waals surface area (Å²) in [5, 5.41) is 9.53. The monoisotopic (exact) mass is 356 g/mol. The Hall–Kier alpha value is -2.51. The Balaban J connectivity index is 2.05. The van der Waals surface area contributed by atoms with Crippen LogP contribution in [0.4, 0.5) is 0 Å². The van der Waals surface area contributed by atoms with Gasteiger partial charge in [0, 0.05) is 11.6 Å². The molecule has 0 aliphatic carbocycles. The van der Waals surface area contributed by atoms with E-state index in [2.05, 4.69) is 6.07 Å². The molecular formula is C20H21ClN2O2. The summed E-state index contributed by atoms with van der Waals surface area (Å²) >= 11 is 5.93. The normalized spacial score (nSPS) is 11.5. The number of aryl methyl sites for hydroxylation is 1. The van der Waals surface area contributed by atoms with E-state index in [0.717, 1.165) is 11.1 Å². The average molecular weight is 357 g/mol. The quantitative estimate of drug-likeness (QED) is 0.765. The number of hydrogen-bond donors (Lipinski definition) is 0. The molecule has 4 nitrogen and oxygen atoms in total. The van der Waals surface area contributed by atoms with Crippen molar-refractivity contribution in [2.45, 2.75) is 26.8 Å². The van der Waals surface area contributed by atoms with Gasteiger partial charge in [-0.05, 0) is 62.2 Å². The molecule has 1 atom stereocenters. The number of likely N-dealkylation sites (N-methyl/N-ethyl adjacent to an activating group) is 1. The molecule has 0 aliphatic heterocycles. The highest BCUT2D eigenvalue weighted by Crippen LogP contribution is 2.23. The Morgan fingerprint density at radius 3 is 2.52 bits per heavy atom. The molecule has 0 spiro atoms. The number of carbonyl (C=O) groups excluding carboxylic acids is 1. The molecule has 2 aromatic rings. The molecule has 0 saturated heterocycles. The molecule has 130 valence electrons. The Bertz CT molecular complexity index is 781. The van der Waals surface area contributed by atoms with E-state index in [1.807, 2.05) is 32.9 Å². The summed E-state index contributed by atoms with van der Waals surface area (Å²) in [6, 6.07) is 14.6. The minimum Gasteiger partial charge on any atom is -0.483 e. The number of rotatable bonds is 6. The summed E-state index contributed by atoms with van der Waals surface area (Å²) in [6.07, 6.45) is 0. The van der Waals surface area contributed by atoms with Crippen molar-refractivity contribution in [1.29, 1.82) is 5.26 Å². The van der Waals surface area contributed by atoms with Gasteiger partial charge in [-0.1, -0.05) is 23.7 Å². The van der Waals surface area contributed by atoms with E-state index in [1.54, 1.807) is 35.2 Å². The Kier molecular flexibility index (Phi) is 6.44. The molecule has 0 bridgehead atoms. The van der Waals surface area contributed by atoms with E-state index in [9.17, 15) is 4.79 Å². The lowest BCUT2D eigenvalue weighted by Gasteiger charge is -2.28. The summed E-state index contributed by atoms with van der Waals surface area (Å²) in [7, 11) is 0. The summed E-state index contributed by atoms with van der Waals surface area (Å²) < 4.78 is 5.67. The number of nitrogens with zero attached hydrogens (tertiary/aromatic N) is 2. The van der Waals surface area contributed by atoms with Crippen molar-refractivity contribution in [2.75, 3.05) is 13.2 Å². The Labute approximate surface area is 153 Å². The van der Waals surface area contributed by atoms with Crippen LogP contribution in [0, 0.1) is 18.3 Å². The molecule has 25 heavy (non-hydrogen) atoms. The van der Waals surface area contributed by atoms with Crippen LogP contribution in [-0.2, 0) is 4.79 Å². The molecule has 2 rings (SSSR count). The van der Waals surface area contributed by atoms with Crippen molar-refractivity contribution in [3.8, 4) is 11.8 Å². The summed E-state index contributed by atoms with van der Waals surface area (Å²) in [6.45, 7) is 6.34. The molecule has 1 unspecified atom stereocenters. The van der Waals surface area contributed by atoms with Crippen molar-refractivity contribution in [3.05, 3.63) is 64.2 Å². The van der Waals surface area contributed by atoms with E-state index in [1.165, 1.54) is 0 Å². The van der Waals surface area contributed by atoms with Crippen LogP contribution in [0.25, 0.3) is 0 Å². The molecular weight excluding hydrogens is 336 g/mol. The van der Waals surface area contributed by atoms with Crippen LogP contribution in [0.3, 0.4) is 0 Å². The lowest BCUT2D eigenvalue weighted by atomic mass is 10.0. The summed E-state index contributed by atoms with van der Waals surface area (Å²) in [5.41, 5.74) is 2.48. The highest BCUT2D eigenvalue weighted by molar-refractivity contribution is 6.30. The fourth-order valence-corrected chi connectivity index (χ4v) is 2.91. The van der Waals surface area contributed by atoms with E-state index in [4.69, 9.17) is 21.6 Å². The fourth-order valence-electron chi connectivity index (χ4n) is 2.68. The topological polar surface area (TPSA) is 53.3 Å². The Morgan fingerprint density at radius 1 is 1.28 bits per heavy atom. The second-order valence-electron chi connectivity index (χ2n) is 5.79. The third-order valence-electron chi connectivity index (χ3n) is 4.14. The zero-order valence-electron chi connectivity index (χ0n) is 14.6. The van der Waals surface area contributed by atoms with Crippen molar-refractivity contribution in [1.82, 2.24) is 4.90 Å². The lowest BCUT2D eigenvalue weighted by Crippen LogP contribution is -2.36. The lowest BCUT2D eigenvalue weighted by molar-refractivity contribution is -0.135. The second kappa shape index (κ2) is 8.55. The van der Waals surface area contributed by atoms with Gasteiger partial charge in [-0.3, -0.25) is 4.79 Å². The van der Waals surface area contributed by atoms with Gasteiger partial charge >= 0.3 is 0 Å². The predicted molar refractivity (Wildman–Crippen MR) is 98.6 cm³/mol. The molecule has 0 aromatic heterocycles. The average Bonchev–Trinajstić information content (AvgIpc) is 2.61. The van der Waals surface area contributed by atoms with Crippen molar-refractivity contribution < 1.29 is 9.53 Å². The van der Waals surface area contributed by atoms with Gasteiger partial charge in [-0.2, -0.15) is 5.26 Å². The van der Waals surface area contributed by atoms with Gasteiger partial charge < -0.3 is 9.64 Å². The minimum atomic E-state index is -0.0971. The standard InChI is InChI=1S/C20H21ClN2O2/c1-4-23(15(3)17-7-5-16(12-22)6-8-17)20(24)13-25-19-10-9-18(21)11-14(19)2/h5-11,15H,4,13H2,1-3H3. The maximum atomic E-state index is 12.6. The van der Waals surface area contributed by atoms with Crippen LogP contribution >= 0.6 is 11.6 Å². The maximum absolute atomic E-state index is 12.6. The van der Waals surface area contributed by atoms with Crippen LogP contribution in [0.1, 0.15) is 36.6 Å². The van der Waals surface area contributed by atoms with Crippen molar-refractivity contribution in [3.63, 3.8) is 0 Å². The molecule has 0 radical (unpaired) electrons. The van der Waals surface area contributed by atoms with E-state index < -0.39 is 0 Å². The first-order chi connectivity index (χ1) is 12.0. The Morgan fingerprint density at radius 2 is 1.96 bits per heavy atom. The minimum absolute atomic E-state index is 0.0308. The molecule has 0 fully saturated rings. The number of ether oxygens (including phenoxy) is 1. The predicted octanol–water partition coefficient (Wildman–Crippen LogP) is 4.51. The molecule has 0 heterocycles. The smallest absolute Gasteiger partial charge is 0.260 e. The molecule has 2 aromatic carbocycles. The first kappa shape index (κ1) is 18.8. The number of nitriles is 1. The molecule has 5 heteroatoms. The molecule has 0 N–H and O–H groups in total. The maximum Gasteiger partial charge on any atom is 0.260 e. The molecule has 0 saturated carbocycles. The van der Waals surface area contributed by atoms with Gasteiger partial charge in [0.25, 0.3) is 5.91 Å². The van der Waals surface area contributed by atoms with Crippen molar-refractivity contribution in [2.24, 2.45) is 0 Å². The van der Waals surface area contributed by atoms with E-state index in [-0.39, 0.29) is 18.6 Å². The van der Waals surface area contributed by atoms with Gasteiger partial charge in [-0.15, -0.1) is 0 Å².